The van der Waals surface area contributed by atoms with Gasteiger partial charge in [0.15, 0.2) is 0 Å². The topological polar surface area (TPSA) is 49.8 Å². The molecule has 2 unspecified atom stereocenters. The van der Waals surface area contributed by atoms with E-state index in [4.69, 9.17) is 9.84 Å². The zero-order valence-electron chi connectivity index (χ0n) is 12.7. The fraction of sp³-hybridized carbons (Fsp3) is 0.588. The van der Waals surface area contributed by atoms with Gasteiger partial charge in [0.1, 0.15) is 0 Å². The molecule has 1 saturated heterocycles. The molecular weight excluding hydrogens is 266 g/mol. The monoisotopic (exact) mass is 291 g/mol. The molecule has 0 amide bonds. The van der Waals surface area contributed by atoms with Crippen molar-refractivity contribution in [1.82, 2.24) is 4.90 Å². The van der Waals surface area contributed by atoms with Crippen molar-refractivity contribution in [3.8, 4) is 0 Å². The number of rotatable bonds is 6. The first-order valence-electron chi connectivity index (χ1n) is 7.67. The molecule has 0 bridgehead atoms. The highest BCUT2D eigenvalue weighted by molar-refractivity contribution is 5.67. The van der Waals surface area contributed by atoms with E-state index in [2.05, 4.69) is 29.2 Å². The average Bonchev–Trinajstić information content (AvgIpc) is 2.68. The van der Waals surface area contributed by atoms with E-state index in [1.165, 1.54) is 5.56 Å². The lowest BCUT2D eigenvalue weighted by Crippen LogP contribution is -2.33. The Morgan fingerprint density at radius 3 is 2.71 bits per heavy atom. The predicted octanol–water partition coefficient (Wildman–Crippen LogP) is 2.60. The zero-order valence-corrected chi connectivity index (χ0v) is 12.7. The van der Waals surface area contributed by atoms with Crippen molar-refractivity contribution >= 4 is 5.97 Å². The maximum atomic E-state index is 11.0. The second-order valence-electron chi connectivity index (χ2n) is 5.90. The fourth-order valence-corrected chi connectivity index (χ4v) is 3.18. The summed E-state index contributed by atoms with van der Waals surface area (Å²) in [5.41, 5.74) is 1.36. The maximum absolute atomic E-state index is 11.0. The molecule has 4 nitrogen and oxygen atoms in total. The predicted molar refractivity (Wildman–Crippen MR) is 82.5 cm³/mol. The van der Waals surface area contributed by atoms with Crippen LogP contribution in [0.4, 0.5) is 0 Å². The molecule has 0 aromatic heterocycles. The number of ether oxygens (including phenoxy) is 1. The van der Waals surface area contributed by atoms with Gasteiger partial charge in [-0.3, -0.25) is 4.79 Å². The number of nitrogens with zero attached hydrogens (tertiary/aromatic N) is 1. The molecule has 1 N–H and O–H groups in total. The molecule has 2 rings (SSSR count). The summed E-state index contributed by atoms with van der Waals surface area (Å²) >= 11 is 0. The number of carbonyl (C=O) groups is 1. The van der Waals surface area contributed by atoms with Crippen molar-refractivity contribution in [2.45, 2.75) is 25.2 Å². The van der Waals surface area contributed by atoms with Gasteiger partial charge in [-0.1, -0.05) is 30.3 Å². The van der Waals surface area contributed by atoms with Gasteiger partial charge in [-0.05, 0) is 30.2 Å². The van der Waals surface area contributed by atoms with Crippen LogP contribution in [0.15, 0.2) is 30.3 Å². The number of hydrogen-bond acceptors (Lipinski definition) is 3. The normalized spacial score (nSPS) is 23.7. The van der Waals surface area contributed by atoms with Crippen LogP contribution < -0.4 is 0 Å². The Morgan fingerprint density at radius 1 is 1.29 bits per heavy atom. The summed E-state index contributed by atoms with van der Waals surface area (Å²) in [6.45, 7) is 3.42. The summed E-state index contributed by atoms with van der Waals surface area (Å²) in [4.78, 5) is 13.4. The third-order valence-electron chi connectivity index (χ3n) is 4.26. The molecular formula is C17H25NO3. The number of methoxy groups -OCH3 is 1. The molecule has 4 heteroatoms. The molecule has 0 saturated carbocycles. The highest BCUT2D eigenvalue weighted by Crippen LogP contribution is 2.29. The lowest BCUT2D eigenvalue weighted by molar-refractivity contribution is -0.138. The molecule has 2 atom stereocenters. The van der Waals surface area contributed by atoms with E-state index in [0.29, 0.717) is 12.5 Å². The number of carboxylic acids is 1. The SMILES string of the molecule is COCCN1CC(CC(=O)O)CCC(c2ccccc2)C1. The minimum absolute atomic E-state index is 0.244. The molecule has 0 aliphatic carbocycles. The number of benzene rings is 1. The van der Waals surface area contributed by atoms with E-state index in [1.807, 2.05) is 6.07 Å². The second kappa shape index (κ2) is 8.15. The van der Waals surface area contributed by atoms with Crippen molar-refractivity contribution in [1.29, 1.82) is 0 Å². The van der Waals surface area contributed by atoms with Gasteiger partial charge in [0.25, 0.3) is 0 Å². The van der Waals surface area contributed by atoms with Crippen LogP contribution in [0.25, 0.3) is 0 Å². The number of carboxylic acid groups (broad SMARTS) is 1. The first-order chi connectivity index (χ1) is 10.2. The third kappa shape index (κ3) is 5.14. The minimum Gasteiger partial charge on any atom is -0.481 e. The van der Waals surface area contributed by atoms with Crippen molar-refractivity contribution in [2.24, 2.45) is 5.92 Å². The Morgan fingerprint density at radius 2 is 2.05 bits per heavy atom. The first kappa shape index (κ1) is 16.0. The standard InChI is InChI=1S/C17H25NO3/c1-21-10-9-18-12-14(11-17(19)20)7-8-16(13-18)15-5-3-2-4-6-15/h2-6,14,16H,7-13H2,1H3,(H,19,20). The van der Waals surface area contributed by atoms with Gasteiger partial charge >= 0.3 is 5.97 Å². The maximum Gasteiger partial charge on any atom is 0.303 e. The van der Waals surface area contributed by atoms with Crippen LogP contribution in [-0.4, -0.2) is 49.3 Å². The van der Waals surface area contributed by atoms with Crippen molar-refractivity contribution in [3.63, 3.8) is 0 Å². The highest BCUT2D eigenvalue weighted by Gasteiger charge is 2.26. The number of aliphatic carboxylic acids is 1. The van der Waals surface area contributed by atoms with Crippen LogP contribution in [0.5, 0.6) is 0 Å². The van der Waals surface area contributed by atoms with Gasteiger partial charge < -0.3 is 14.7 Å². The largest absolute Gasteiger partial charge is 0.481 e. The van der Waals surface area contributed by atoms with Gasteiger partial charge in [-0.2, -0.15) is 0 Å². The average molecular weight is 291 g/mol. The Labute approximate surface area is 126 Å². The zero-order chi connectivity index (χ0) is 15.1. The summed E-state index contributed by atoms with van der Waals surface area (Å²) in [5.74, 6) is 0.0415. The van der Waals surface area contributed by atoms with Gasteiger partial charge in [0.05, 0.1) is 6.61 Å². The third-order valence-corrected chi connectivity index (χ3v) is 4.26. The molecule has 1 aliphatic heterocycles. The van der Waals surface area contributed by atoms with Gasteiger partial charge in [0, 0.05) is 33.2 Å². The Bertz CT molecular complexity index is 435. The summed E-state index contributed by atoms with van der Waals surface area (Å²) in [7, 11) is 1.71. The van der Waals surface area contributed by atoms with Crippen molar-refractivity contribution in [2.75, 3.05) is 33.4 Å². The Balaban J connectivity index is 2.05. The van der Waals surface area contributed by atoms with Crippen LogP contribution in [0.2, 0.25) is 0 Å². The van der Waals surface area contributed by atoms with Gasteiger partial charge in [-0.25, -0.2) is 0 Å². The van der Waals surface area contributed by atoms with E-state index in [1.54, 1.807) is 7.11 Å². The lowest BCUT2D eigenvalue weighted by atomic mass is 9.91. The Hall–Kier alpha value is -1.39. The highest BCUT2D eigenvalue weighted by atomic mass is 16.5. The molecule has 21 heavy (non-hydrogen) atoms. The smallest absolute Gasteiger partial charge is 0.303 e. The van der Waals surface area contributed by atoms with E-state index in [9.17, 15) is 4.79 Å². The molecule has 1 aromatic carbocycles. The number of hydrogen-bond donors (Lipinski definition) is 1. The number of likely N-dealkylation sites (tertiary alicyclic amines) is 1. The molecule has 116 valence electrons. The summed E-state index contributed by atoms with van der Waals surface area (Å²) in [6, 6.07) is 10.5. The quantitative estimate of drug-likeness (QED) is 0.875. The van der Waals surface area contributed by atoms with Crippen molar-refractivity contribution in [3.05, 3.63) is 35.9 Å². The summed E-state index contributed by atoms with van der Waals surface area (Å²) in [5, 5.41) is 9.06. The Kier molecular flexibility index (Phi) is 6.21. The summed E-state index contributed by atoms with van der Waals surface area (Å²) < 4.78 is 5.18. The second-order valence-corrected chi connectivity index (χ2v) is 5.90. The van der Waals surface area contributed by atoms with Crippen LogP contribution in [0.3, 0.4) is 0 Å². The van der Waals surface area contributed by atoms with Crippen molar-refractivity contribution < 1.29 is 14.6 Å². The van der Waals surface area contributed by atoms with Crippen LogP contribution in [0, 0.1) is 5.92 Å². The van der Waals surface area contributed by atoms with Crippen LogP contribution in [-0.2, 0) is 9.53 Å². The lowest BCUT2D eigenvalue weighted by Gasteiger charge is -2.25. The van der Waals surface area contributed by atoms with Crippen LogP contribution in [0.1, 0.15) is 30.7 Å². The fourth-order valence-electron chi connectivity index (χ4n) is 3.18. The van der Waals surface area contributed by atoms with E-state index >= 15 is 0 Å². The molecule has 0 spiro atoms. The summed E-state index contributed by atoms with van der Waals surface area (Å²) in [6.07, 6.45) is 2.31. The molecule has 1 aromatic rings. The van der Waals surface area contributed by atoms with E-state index in [0.717, 1.165) is 32.5 Å². The van der Waals surface area contributed by atoms with Gasteiger partial charge in [-0.15, -0.1) is 0 Å². The van der Waals surface area contributed by atoms with Crippen LogP contribution >= 0.6 is 0 Å². The van der Waals surface area contributed by atoms with Gasteiger partial charge in [0.2, 0.25) is 0 Å². The molecule has 1 fully saturated rings. The molecule has 1 heterocycles. The van der Waals surface area contributed by atoms with E-state index < -0.39 is 5.97 Å². The molecule has 0 radical (unpaired) electrons. The van der Waals surface area contributed by atoms with E-state index in [-0.39, 0.29) is 12.3 Å². The minimum atomic E-state index is -0.690. The first-order valence-corrected chi connectivity index (χ1v) is 7.67. The molecule has 1 aliphatic rings.